The van der Waals surface area contributed by atoms with Gasteiger partial charge in [-0.3, -0.25) is 4.79 Å². The first kappa shape index (κ1) is 33.0. The van der Waals surface area contributed by atoms with Gasteiger partial charge >= 0.3 is 12.3 Å². The van der Waals surface area contributed by atoms with E-state index < -0.39 is 23.4 Å². The van der Waals surface area contributed by atoms with Gasteiger partial charge in [-0.15, -0.1) is 5.10 Å². The molecule has 10 nitrogen and oxygen atoms in total. The summed E-state index contributed by atoms with van der Waals surface area (Å²) < 4.78 is 53.5. The summed E-state index contributed by atoms with van der Waals surface area (Å²) in [7, 11) is 0. The van der Waals surface area contributed by atoms with E-state index in [4.69, 9.17) is 19.6 Å². The number of amides is 2. The number of rotatable bonds is 10. The first-order chi connectivity index (χ1) is 20.7. The number of benzene rings is 1. The molecule has 1 aliphatic heterocycles. The number of hydrogen-bond acceptors (Lipinski definition) is 7. The average Bonchev–Trinajstić information content (AvgIpc) is 3.29. The van der Waals surface area contributed by atoms with Crippen LogP contribution in [0.25, 0.3) is 5.65 Å². The van der Waals surface area contributed by atoms with Crippen LogP contribution in [0.4, 0.5) is 23.8 Å². The number of nitrogens with zero attached hydrogens (tertiary/aromatic N) is 4. The number of fused-ring (bicyclic) bond motifs is 1. The van der Waals surface area contributed by atoms with Crippen molar-refractivity contribution in [1.29, 1.82) is 0 Å². The van der Waals surface area contributed by atoms with Gasteiger partial charge in [0.1, 0.15) is 11.4 Å². The minimum atomic E-state index is -4.48. The molecule has 3 heterocycles. The Hall–Kier alpha value is -3.87. The summed E-state index contributed by atoms with van der Waals surface area (Å²) in [6.07, 6.45) is -3.45. The van der Waals surface area contributed by atoms with Crippen LogP contribution in [-0.4, -0.2) is 65.0 Å². The van der Waals surface area contributed by atoms with Gasteiger partial charge < -0.3 is 25.0 Å². The van der Waals surface area contributed by atoms with Gasteiger partial charge in [-0.25, -0.2) is 14.3 Å². The lowest BCUT2D eigenvalue weighted by molar-refractivity contribution is -0.138. The highest BCUT2D eigenvalue weighted by atomic mass is 19.4. The summed E-state index contributed by atoms with van der Waals surface area (Å²) in [6, 6.07) is 6.11. The van der Waals surface area contributed by atoms with Crippen LogP contribution in [0.1, 0.15) is 73.7 Å². The van der Waals surface area contributed by atoms with Crippen molar-refractivity contribution in [2.45, 2.75) is 78.6 Å². The van der Waals surface area contributed by atoms with Gasteiger partial charge in [0.15, 0.2) is 5.65 Å². The third kappa shape index (κ3) is 8.61. The Bertz CT molecular complexity index is 1480. The van der Waals surface area contributed by atoms with Crippen molar-refractivity contribution in [2.75, 3.05) is 37.7 Å². The number of anilines is 1. The number of halogens is 3. The van der Waals surface area contributed by atoms with Gasteiger partial charge in [-0.1, -0.05) is 12.1 Å². The largest absolute Gasteiger partial charge is 0.444 e. The molecule has 44 heavy (non-hydrogen) atoms. The monoisotopic (exact) mass is 618 g/mol. The molecule has 2 aromatic heterocycles. The quantitative estimate of drug-likeness (QED) is 0.304. The summed E-state index contributed by atoms with van der Waals surface area (Å²) in [5.41, 5.74) is 1.97. The molecule has 0 bridgehead atoms. The number of ether oxygens (including phenoxy) is 2. The lowest BCUT2D eigenvalue weighted by Gasteiger charge is -2.28. The Kier molecular flexibility index (Phi) is 10.4. The first-order valence-electron chi connectivity index (χ1n) is 14.8. The van der Waals surface area contributed by atoms with Gasteiger partial charge in [0, 0.05) is 32.5 Å². The molecule has 1 saturated heterocycles. The van der Waals surface area contributed by atoms with Gasteiger partial charge in [0.25, 0.3) is 0 Å². The molecule has 2 N–H and O–H groups in total. The van der Waals surface area contributed by atoms with E-state index in [9.17, 15) is 22.8 Å². The zero-order valence-electron chi connectivity index (χ0n) is 25.9. The minimum absolute atomic E-state index is 0.0953. The fourth-order valence-electron chi connectivity index (χ4n) is 5.06. The van der Waals surface area contributed by atoms with Gasteiger partial charge in [0.05, 0.1) is 36.7 Å². The lowest BCUT2D eigenvalue weighted by Crippen LogP contribution is -2.37. The summed E-state index contributed by atoms with van der Waals surface area (Å²) in [6.45, 7) is 11.7. The zero-order valence-corrected chi connectivity index (χ0v) is 25.9. The normalized spacial score (nSPS) is 14.1. The Balaban J connectivity index is 1.52. The van der Waals surface area contributed by atoms with Crippen LogP contribution in [0, 0.1) is 13.8 Å². The molecule has 1 fully saturated rings. The fourth-order valence-corrected chi connectivity index (χ4v) is 5.06. The van der Waals surface area contributed by atoms with Crippen molar-refractivity contribution in [3.05, 3.63) is 57.9 Å². The maximum Gasteiger partial charge on any atom is 0.416 e. The number of imidazole rings is 1. The van der Waals surface area contributed by atoms with Gasteiger partial charge in [-0.05, 0) is 76.3 Å². The number of aryl methyl sites for hydroxylation is 1. The number of alkyl halides is 3. The summed E-state index contributed by atoms with van der Waals surface area (Å²) in [4.78, 5) is 31.4. The molecule has 4 rings (SSSR count). The Morgan fingerprint density at radius 2 is 1.80 bits per heavy atom. The Morgan fingerprint density at radius 3 is 2.48 bits per heavy atom. The second-order valence-electron chi connectivity index (χ2n) is 12.0. The highest BCUT2D eigenvalue weighted by molar-refractivity contribution is 5.75. The van der Waals surface area contributed by atoms with E-state index in [1.165, 1.54) is 13.0 Å². The smallest absolute Gasteiger partial charge is 0.416 e. The summed E-state index contributed by atoms with van der Waals surface area (Å²) in [5.74, 6) is 0.535. The Morgan fingerprint density at radius 1 is 1.07 bits per heavy atom. The number of alkyl carbamates (subject to hydrolysis) is 1. The highest BCUT2D eigenvalue weighted by Crippen LogP contribution is 2.34. The number of unbranched alkanes of at least 4 members (excludes halogenated alkanes) is 1. The van der Waals surface area contributed by atoms with E-state index in [0.29, 0.717) is 68.3 Å². The van der Waals surface area contributed by atoms with E-state index in [0.717, 1.165) is 17.4 Å². The molecular weight excluding hydrogens is 577 g/mol. The fraction of sp³-hybridized carbons (Fsp3) is 0.548. The first-order valence-corrected chi connectivity index (χ1v) is 14.8. The minimum Gasteiger partial charge on any atom is -0.444 e. The molecule has 240 valence electrons. The van der Waals surface area contributed by atoms with E-state index in [2.05, 4.69) is 15.5 Å². The summed E-state index contributed by atoms with van der Waals surface area (Å²) in [5, 5.41) is 10.4. The molecule has 1 aromatic carbocycles. The standard InChI is InChI=1S/C31H41F3N6O4/c1-20-17-26(39-13-15-43-16-14-39)38-40-25(18-22-9-8-10-23(21(22)2)31(32,33)34)24(37-28(20)40)19-36-27(41)11-6-7-12-35-29(42)44-30(3,4)5/h8-10,17H,6-7,11-16,18-19H2,1-5H3,(H,35,42)(H,36,41). The van der Waals surface area contributed by atoms with Crippen molar-refractivity contribution < 1.29 is 32.2 Å². The predicted octanol–water partition coefficient (Wildman–Crippen LogP) is 5.10. The topological polar surface area (TPSA) is 110 Å². The van der Waals surface area contributed by atoms with Crippen molar-refractivity contribution in [3.63, 3.8) is 0 Å². The number of carbonyl (C=O) groups is 2. The van der Waals surface area contributed by atoms with E-state index >= 15 is 0 Å². The number of carbonyl (C=O) groups excluding carboxylic acids is 2. The molecule has 0 spiro atoms. The number of nitrogens with one attached hydrogen (secondary N) is 2. The predicted molar refractivity (Wildman–Crippen MR) is 160 cm³/mol. The maximum atomic E-state index is 13.7. The van der Waals surface area contributed by atoms with E-state index in [1.54, 1.807) is 31.4 Å². The van der Waals surface area contributed by atoms with Crippen LogP contribution >= 0.6 is 0 Å². The molecule has 0 unspecified atom stereocenters. The average molecular weight is 619 g/mol. The second-order valence-corrected chi connectivity index (χ2v) is 12.0. The van der Waals surface area contributed by atoms with Gasteiger partial charge in [-0.2, -0.15) is 13.2 Å². The van der Waals surface area contributed by atoms with Crippen LogP contribution in [0.5, 0.6) is 0 Å². The third-order valence-corrected chi connectivity index (χ3v) is 7.33. The van der Waals surface area contributed by atoms with Gasteiger partial charge in [0.2, 0.25) is 5.91 Å². The highest BCUT2D eigenvalue weighted by Gasteiger charge is 2.33. The van der Waals surface area contributed by atoms with Crippen molar-refractivity contribution in [2.24, 2.45) is 0 Å². The van der Waals surface area contributed by atoms with Crippen LogP contribution in [0.3, 0.4) is 0 Å². The van der Waals surface area contributed by atoms with Crippen LogP contribution < -0.4 is 15.5 Å². The summed E-state index contributed by atoms with van der Waals surface area (Å²) >= 11 is 0. The SMILES string of the molecule is Cc1c(Cc2c(CNC(=O)CCCCNC(=O)OC(C)(C)C)nc3c(C)cc(N4CCOCC4)nn23)cccc1C(F)(F)F. The number of hydrogen-bond donors (Lipinski definition) is 2. The molecule has 2 amide bonds. The second kappa shape index (κ2) is 13.8. The molecule has 0 aliphatic carbocycles. The number of morpholine rings is 1. The molecule has 0 radical (unpaired) electrons. The van der Waals surface area contributed by atoms with Crippen molar-refractivity contribution in [3.8, 4) is 0 Å². The Labute approximate surface area is 255 Å². The third-order valence-electron chi connectivity index (χ3n) is 7.33. The molecule has 3 aromatic rings. The molecule has 13 heteroatoms. The van der Waals surface area contributed by atoms with E-state index in [-0.39, 0.29) is 30.9 Å². The molecule has 0 saturated carbocycles. The van der Waals surface area contributed by atoms with Crippen molar-refractivity contribution >= 4 is 23.5 Å². The molecule has 0 atom stereocenters. The van der Waals surface area contributed by atoms with Crippen molar-refractivity contribution in [1.82, 2.24) is 25.2 Å². The zero-order chi connectivity index (χ0) is 32.1. The lowest BCUT2D eigenvalue weighted by atomic mass is 9.98. The molecular formula is C31H41F3N6O4. The van der Waals surface area contributed by atoms with Crippen LogP contribution in [0.2, 0.25) is 0 Å². The maximum absolute atomic E-state index is 13.7. The van der Waals surface area contributed by atoms with Crippen LogP contribution in [-0.2, 0) is 33.4 Å². The van der Waals surface area contributed by atoms with Crippen LogP contribution in [0.15, 0.2) is 24.3 Å². The molecule has 1 aliphatic rings. The van der Waals surface area contributed by atoms with E-state index in [1.807, 2.05) is 13.0 Å². The number of aromatic nitrogens is 3.